The van der Waals surface area contributed by atoms with Gasteiger partial charge in [-0.15, -0.1) is 11.8 Å². The molecule has 1 aliphatic rings. The van der Waals surface area contributed by atoms with Crippen molar-refractivity contribution in [1.82, 2.24) is 0 Å². The van der Waals surface area contributed by atoms with E-state index in [0.29, 0.717) is 36.1 Å². The normalized spacial score (nSPS) is 15.9. The van der Waals surface area contributed by atoms with E-state index >= 15 is 0 Å². The van der Waals surface area contributed by atoms with Gasteiger partial charge in [0, 0.05) is 6.54 Å². The van der Waals surface area contributed by atoms with Crippen molar-refractivity contribution >= 4 is 29.3 Å². The number of hydrogen-bond acceptors (Lipinski definition) is 5. The number of amides is 2. The van der Waals surface area contributed by atoms with Gasteiger partial charge in [0.2, 0.25) is 11.8 Å². The summed E-state index contributed by atoms with van der Waals surface area (Å²) in [6, 6.07) is 6.87. The van der Waals surface area contributed by atoms with E-state index in [2.05, 4.69) is 0 Å². The van der Waals surface area contributed by atoms with Crippen LogP contribution in [-0.2, 0) is 9.59 Å². The van der Waals surface area contributed by atoms with Gasteiger partial charge in [0.15, 0.2) is 0 Å². The minimum atomic E-state index is -0.174. The van der Waals surface area contributed by atoms with Crippen molar-refractivity contribution in [2.45, 2.75) is 0 Å². The number of nitrogens with zero attached hydrogens (tertiary/aromatic N) is 1. The van der Waals surface area contributed by atoms with Crippen LogP contribution >= 0.6 is 11.8 Å². The minimum absolute atomic E-state index is 0.174. The lowest BCUT2D eigenvalue weighted by molar-refractivity contribution is -0.124. The smallest absolute Gasteiger partial charge is 0.243 e. The fraction of sp³-hybridized carbons (Fsp3) is 0.333. The number of rotatable bonds is 4. The molecule has 18 heavy (non-hydrogen) atoms. The molecule has 0 unspecified atom stereocenters. The van der Waals surface area contributed by atoms with Crippen LogP contribution in [0.3, 0.4) is 0 Å². The second-order valence-electron chi connectivity index (χ2n) is 3.75. The fourth-order valence-corrected chi connectivity index (χ4v) is 2.36. The number of benzene rings is 1. The van der Waals surface area contributed by atoms with Crippen molar-refractivity contribution in [1.29, 1.82) is 0 Å². The first-order valence-electron chi connectivity index (χ1n) is 5.59. The molecule has 1 aliphatic heterocycles. The van der Waals surface area contributed by atoms with Crippen molar-refractivity contribution in [3.63, 3.8) is 0 Å². The van der Waals surface area contributed by atoms with Gasteiger partial charge in [-0.2, -0.15) is 0 Å². The quantitative estimate of drug-likeness (QED) is 0.809. The minimum Gasteiger partial charge on any atom is -0.492 e. The summed E-state index contributed by atoms with van der Waals surface area (Å²) in [6.45, 7) is 0.889. The second-order valence-corrected chi connectivity index (χ2v) is 4.73. The fourth-order valence-electron chi connectivity index (χ4n) is 1.65. The molecule has 96 valence electrons. The van der Waals surface area contributed by atoms with E-state index in [1.165, 1.54) is 16.7 Å². The van der Waals surface area contributed by atoms with E-state index in [0.717, 1.165) is 0 Å². The lowest BCUT2D eigenvalue weighted by atomic mass is 10.2. The Morgan fingerprint density at radius 2 is 1.78 bits per heavy atom. The molecule has 1 saturated heterocycles. The van der Waals surface area contributed by atoms with Gasteiger partial charge in [-0.05, 0) is 24.3 Å². The maximum atomic E-state index is 11.7. The average Bonchev–Trinajstić information content (AvgIpc) is 2.37. The van der Waals surface area contributed by atoms with E-state index in [1.807, 2.05) is 0 Å². The summed E-state index contributed by atoms with van der Waals surface area (Å²) < 4.78 is 5.33. The third-order valence-corrected chi connectivity index (χ3v) is 3.33. The molecule has 0 spiro atoms. The number of carbonyl (C=O) groups is 2. The van der Waals surface area contributed by atoms with Gasteiger partial charge < -0.3 is 10.5 Å². The van der Waals surface area contributed by atoms with Crippen LogP contribution in [0.25, 0.3) is 0 Å². The van der Waals surface area contributed by atoms with Gasteiger partial charge in [-0.25, -0.2) is 4.90 Å². The lowest BCUT2D eigenvalue weighted by Crippen LogP contribution is -2.43. The molecule has 1 aromatic rings. The number of carbonyl (C=O) groups excluding carboxylic acids is 2. The molecule has 2 amide bonds. The molecule has 1 aromatic carbocycles. The molecule has 2 N–H and O–H groups in total. The first-order valence-corrected chi connectivity index (χ1v) is 6.74. The van der Waals surface area contributed by atoms with Crippen molar-refractivity contribution in [2.24, 2.45) is 5.73 Å². The van der Waals surface area contributed by atoms with Gasteiger partial charge in [0.05, 0.1) is 17.2 Å². The Labute approximate surface area is 109 Å². The van der Waals surface area contributed by atoms with Crippen LogP contribution in [-0.4, -0.2) is 36.5 Å². The van der Waals surface area contributed by atoms with Gasteiger partial charge >= 0.3 is 0 Å². The summed E-state index contributed by atoms with van der Waals surface area (Å²) in [5, 5.41) is 0. The van der Waals surface area contributed by atoms with Crippen LogP contribution in [0.1, 0.15) is 0 Å². The number of anilines is 1. The Hall–Kier alpha value is -1.53. The lowest BCUT2D eigenvalue weighted by Gasteiger charge is -2.24. The zero-order chi connectivity index (χ0) is 13.0. The molecular formula is C12H14N2O3S. The standard InChI is InChI=1S/C12H14N2O3S/c13-5-6-17-10-3-1-9(2-4-10)14-11(15)7-18-8-12(14)16/h1-4H,5-8,13H2. The molecule has 1 fully saturated rings. The molecule has 0 atom stereocenters. The predicted octanol–water partition coefficient (Wildman–Crippen LogP) is 0.630. The highest BCUT2D eigenvalue weighted by molar-refractivity contribution is 8.00. The van der Waals surface area contributed by atoms with Gasteiger partial charge in [-0.3, -0.25) is 9.59 Å². The van der Waals surface area contributed by atoms with E-state index in [4.69, 9.17) is 10.5 Å². The van der Waals surface area contributed by atoms with E-state index in [1.54, 1.807) is 24.3 Å². The van der Waals surface area contributed by atoms with Gasteiger partial charge in [-0.1, -0.05) is 0 Å². The Morgan fingerprint density at radius 1 is 1.17 bits per heavy atom. The molecule has 0 aromatic heterocycles. The number of hydrogen-bond donors (Lipinski definition) is 1. The SMILES string of the molecule is NCCOc1ccc(N2C(=O)CSCC2=O)cc1. The van der Waals surface area contributed by atoms with Crippen molar-refractivity contribution in [3.8, 4) is 5.75 Å². The maximum absolute atomic E-state index is 11.7. The highest BCUT2D eigenvalue weighted by Crippen LogP contribution is 2.23. The molecule has 1 heterocycles. The third-order valence-electron chi connectivity index (χ3n) is 2.43. The van der Waals surface area contributed by atoms with Crippen molar-refractivity contribution in [3.05, 3.63) is 24.3 Å². The van der Waals surface area contributed by atoms with Crippen molar-refractivity contribution < 1.29 is 14.3 Å². The Bertz CT molecular complexity index is 431. The molecule has 5 nitrogen and oxygen atoms in total. The first-order chi connectivity index (χ1) is 8.72. The Balaban J connectivity index is 2.12. The highest BCUT2D eigenvalue weighted by Gasteiger charge is 2.27. The van der Waals surface area contributed by atoms with E-state index < -0.39 is 0 Å². The first kappa shape index (κ1) is 12.9. The average molecular weight is 266 g/mol. The zero-order valence-corrected chi connectivity index (χ0v) is 10.6. The second kappa shape index (κ2) is 5.88. The summed E-state index contributed by atoms with van der Waals surface area (Å²) in [7, 11) is 0. The Morgan fingerprint density at radius 3 is 2.33 bits per heavy atom. The summed E-state index contributed by atoms with van der Waals surface area (Å²) in [6.07, 6.45) is 0. The number of imide groups is 1. The molecular weight excluding hydrogens is 252 g/mol. The topological polar surface area (TPSA) is 72.6 Å². The van der Waals surface area contributed by atoms with Crippen LogP contribution in [0, 0.1) is 0 Å². The highest BCUT2D eigenvalue weighted by atomic mass is 32.2. The number of thioether (sulfide) groups is 1. The van der Waals surface area contributed by atoms with Crippen LogP contribution in [0.2, 0.25) is 0 Å². The van der Waals surface area contributed by atoms with Crippen molar-refractivity contribution in [2.75, 3.05) is 29.6 Å². The van der Waals surface area contributed by atoms with Crippen LogP contribution in [0.5, 0.6) is 5.75 Å². The van der Waals surface area contributed by atoms with E-state index in [9.17, 15) is 9.59 Å². The zero-order valence-electron chi connectivity index (χ0n) is 9.80. The summed E-state index contributed by atoms with van der Waals surface area (Å²) in [5.41, 5.74) is 5.92. The molecule has 0 bridgehead atoms. The Kier molecular flexibility index (Phi) is 4.22. The van der Waals surface area contributed by atoms with Crippen LogP contribution in [0.15, 0.2) is 24.3 Å². The van der Waals surface area contributed by atoms with Crippen LogP contribution in [0.4, 0.5) is 5.69 Å². The number of nitrogens with two attached hydrogens (primary N) is 1. The van der Waals surface area contributed by atoms with Crippen LogP contribution < -0.4 is 15.4 Å². The third kappa shape index (κ3) is 2.83. The molecule has 2 rings (SSSR count). The number of ether oxygens (including phenoxy) is 1. The van der Waals surface area contributed by atoms with E-state index in [-0.39, 0.29) is 11.8 Å². The summed E-state index contributed by atoms with van der Waals surface area (Å²) in [4.78, 5) is 24.6. The monoisotopic (exact) mass is 266 g/mol. The molecule has 0 saturated carbocycles. The summed E-state index contributed by atoms with van der Waals surface area (Å²) >= 11 is 1.34. The van der Waals surface area contributed by atoms with Gasteiger partial charge in [0.1, 0.15) is 12.4 Å². The molecule has 0 aliphatic carbocycles. The molecule has 6 heteroatoms. The molecule has 0 radical (unpaired) electrons. The largest absolute Gasteiger partial charge is 0.492 e. The maximum Gasteiger partial charge on any atom is 0.243 e. The summed E-state index contributed by atoms with van der Waals surface area (Å²) in [5.74, 6) is 1.02. The van der Waals surface area contributed by atoms with Gasteiger partial charge in [0.25, 0.3) is 0 Å². The predicted molar refractivity (Wildman–Crippen MR) is 70.8 cm³/mol.